The van der Waals surface area contributed by atoms with Gasteiger partial charge in [0.2, 0.25) is 0 Å². The lowest BCUT2D eigenvalue weighted by atomic mass is 9.69. The van der Waals surface area contributed by atoms with Crippen molar-refractivity contribution >= 4 is 21.9 Å². The lowest BCUT2D eigenvalue weighted by Gasteiger charge is -2.35. The molecule has 0 spiro atoms. The third kappa shape index (κ3) is 5.15. The van der Waals surface area contributed by atoms with Gasteiger partial charge in [-0.15, -0.1) is 0 Å². The van der Waals surface area contributed by atoms with Crippen molar-refractivity contribution < 1.29 is 4.42 Å². The van der Waals surface area contributed by atoms with Crippen molar-refractivity contribution in [1.29, 1.82) is 5.26 Å². The fourth-order valence-electron chi connectivity index (χ4n) is 7.23. The maximum absolute atomic E-state index is 9.33. The van der Waals surface area contributed by atoms with E-state index in [1.54, 1.807) is 6.07 Å². The summed E-state index contributed by atoms with van der Waals surface area (Å²) in [6, 6.07) is 32.9. The van der Waals surface area contributed by atoms with Gasteiger partial charge in [0.25, 0.3) is 0 Å². The highest BCUT2D eigenvalue weighted by atomic mass is 16.3. The Morgan fingerprint density at radius 3 is 1.86 bits per heavy atom. The van der Waals surface area contributed by atoms with E-state index in [-0.39, 0.29) is 5.41 Å². The average Bonchev–Trinajstić information content (AvgIpc) is 3.36. The van der Waals surface area contributed by atoms with Gasteiger partial charge in [-0.3, -0.25) is 0 Å². The first kappa shape index (κ1) is 28.0. The van der Waals surface area contributed by atoms with Crippen molar-refractivity contribution in [3.05, 3.63) is 102 Å². The third-order valence-corrected chi connectivity index (χ3v) is 9.59. The molecular weight excluding hydrogens is 540 g/mol. The van der Waals surface area contributed by atoms with Crippen molar-refractivity contribution in [2.75, 3.05) is 0 Å². The second-order valence-electron chi connectivity index (χ2n) is 12.7. The third-order valence-electron chi connectivity index (χ3n) is 9.59. The summed E-state index contributed by atoms with van der Waals surface area (Å²) in [4.78, 5) is 14.9. The SMILES string of the molecule is CCC1(c2ccc(-c3nc(-c4ccccc4)nc(-c4ccc5c(c4)oc4cc(C#N)ccc45)n3)cc2)C[C@H](C)CC[C@H](C)C1. The van der Waals surface area contributed by atoms with Crippen molar-refractivity contribution in [2.45, 2.75) is 58.3 Å². The van der Waals surface area contributed by atoms with E-state index in [0.29, 0.717) is 28.6 Å². The highest BCUT2D eigenvalue weighted by molar-refractivity contribution is 6.06. The number of hydrogen-bond donors (Lipinski definition) is 0. The Kier molecular flexibility index (Phi) is 7.22. The summed E-state index contributed by atoms with van der Waals surface area (Å²) in [5, 5.41) is 11.3. The molecule has 7 rings (SSSR count). The highest BCUT2D eigenvalue weighted by Gasteiger charge is 2.36. The van der Waals surface area contributed by atoms with Gasteiger partial charge in [0, 0.05) is 27.5 Å². The van der Waals surface area contributed by atoms with Crippen LogP contribution in [0.5, 0.6) is 0 Å². The molecule has 0 amide bonds. The topological polar surface area (TPSA) is 75.6 Å². The molecule has 0 radical (unpaired) electrons. The summed E-state index contributed by atoms with van der Waals surface area (Å²) in [7, 11) is 0. The molecule has 1 aliphatic rings. The van der Waals surface area contributed by atoms with Crippen LogP contribution in [0.2, 0.25) is 0 Å². The van der Waals surface area contributed by atoms with Gasteiger partial charge in [0.15, 0.2) is 17.5 Å². The van der Waals surface area contributed by atoms with Crippen LogP contribution in [0.3, 0.4) is 0 Å². The van der Waals surface area contributed by atoms with Gasteiger partial charge in [-0.25, -0.2) is 15.0 Å². The van der Waals surface area contributed by atoms with Crippen LogP contribution in [-0.4, -0.2) is 15.0 Å². The molecule has 6 aromatic rings. The van der Waals surface area contributed by atoms with Crippen molar-refractivity contribution in [3.8, 4) is 40.2 Å². The Morgan fingerprint density at radius 2 is 1.25 bits per heavy atom. The van der Waals surface area contributed by atoms with Crippen molar-refractivity contribution in [2.24, 2.45) is 11.8 Å². The number of fused-ring (bicyclic) bond motifs is 3. The molecule has 3 atom stereocenters. The van der Waals surface area contributed by atoms with Crippen molar-refractivity contribution in [3.63, 3.8) is 0 Å². The van der Waals surface area contributed by atoms with Gasteiger partial charge in [0.05, 0.1) is 11.6 Å². The van der Waals surface area contributed by atoms with E-state index < -0.39 is 0 Å². The molecule has 0 bridgehead atoms. The van der Waals surface area contributed by atoms with Crippen LogP contribution in [0.15, 0.2) is 95.4 Å². The molecule has 4 aromatic carbocycles. The van der Waals surface area contributed by atoms with Crippen LogP contribution in [0.4, 0.5) is 0 Å². The molecule has 1 aliphatic carbocycles. The monoisotopic (exact) mass is 576 g/mol. The molecule has 2 aromatic heterocycles. The Hall–Kier alpha value is -4.82. The number of hydrogen-bond acceptors (Lipinski definition) is 5. The first-order valence-electron chi connectivity index (χ1n) is 15.7. The maximum atomic E-state index is 9.33. The Labute approximate surface area is 258 Å². The molecule has 5 nitrogen and oxygen atoms in total. The largest absolute Gasteiger partial charge is 0.456 e. The minimum atomic E-state index is 0.212. The number of nitrogens with zero attached hydrogens (tertiary/aromatic N) is 4. The summed E-state index contributed by atoms with van der Waals surface area (Å²) in [6.45, 7) is 7.19. The van der Waals surface area contributed by atoms with Gasteiger partial charge in [0.1, 0.15) is 11.2 Å². The van der Waals surface area contributed by atoms with E-state index in [0.717, 1.165) is 51.3 Å². The van der Waals surface area contributed by atoms with E-state index in [1.807, 2.05) is 60.7 Å². The fourth-order valence-corrected chi connectivity index (χ4v) is 7.23. The Morgan fingerprint density at radius 1 is 0.705 bits per heavy atom. The highest BCUT2D eigenvalue weighted by Crippen LogP contribution is 2.45. The minimum absolute atomic E-state index is 0.212. The summed E-state index contributed by atoms with van der Waals surface area (Å²) in [5.74, 6) is 3.34. The summed E-state index contributed by atoms with van der Waals surface area (Å²) in [5.41, 5.74) is 6.40. The predicted molar refractivity (Wildman–Crippen MR) is 177 cm³/mol. The van der Waals surface area contributed by atoms with E-state index in [4.69, 9.17) is 19.4 Å². The second-order valence-corrected chi connectivity index (χ2v) is 12.7. The van der Waals surface area contributed by atoms with Gasteiger partial charge >= 0.3 is 0 Å². The van der Waals surface area contributed by atoms with Crippen LogP contribution in [0, 0.1) is 23.2 Å². The molecule has 44 heavy (non-hydrogen) atoms. The standard InChI is InChI=1S/C39H36N4O/c1-4-39(22-25(2)10-11-26(3)23-39)31-16-13-29(14-17-31)37-41-36(28-8-6-5-7-9-28)42-38(43-37)30-15-19-33-32-18-12-27(24-40)20-34(32)44-35(33)21-30/h5-9,12-21,25-26H,4,10-11,22-23H2,1-3H3/t25-,26+,39?. The fraction of sp³-hybridized carbons (Fsp3) is 0.282. The molecule has 0 saturated heterocycles. The molecule has 0 N–H and O–H groups in total. The zero-order valence-electron chi connectivity index (χ0n) is 25.5. The summed E-state index contributed by atoms with van der Waals surface area (Å²) in [6.07, 6.45) is 6.26. The zero-order valence-corrected chi connectivity index (χ0v) is 25.5. The van der Waals surface area contributed by atoms with E-state index in [2.05, 4.69) is 51.1 Å². The molecule has 1 unspecified atom stereocenters. The molecule has 5 heteroatoms. The lowest BCUT2D eigenvalue weighted by Crippen LogP contribution is -2.28. The van der Waals surface area contributed by atoms with Gasteiger partial charge in [-0.1, -0.05) is 94.3 Å². The zero-order chi connectivity index (χ0) is 30.3. The summed E-state index contributed by atoms with van der Waals surface area (Å²) < 4.78 is 6.18. The number of aromatic nitrogens is 3. The molecule has 1 saturated carbocycles. The average molecular weight is 577 g/mol. The first-order chi connectivity index (χ1) is 21.4. The van der Waals surface area contributed by atoms with Gasteiger partial charge in [-0.05, 0) is 72.4 Å². The van der Waals surface area contributed by atoms with Crippen LogP contribution < -0.4 is 0 Å². The molecule has 218 valence electrons. The molecule has 1 fully saturated rings. The van der Waals surface area contributed by atoms with Crippen LogP contribution in [0.25, 0.3) is 56.1 Å². The smallest absolute Gasteiger partial charge is 0.164 e. The molecule has 0 aliphatic heterocycles. The normalized spacial score (nSPS) is 20.4. The Balaban J connectivity index is 1.31. The minimum Gasteiger partial charge on any atom is -0.456 e. The van der Waals surface area contributed by atoms with Crippen LogP contribution in [-0.2, 0) is 5.41 Å². The second kappa shape index (κ2) is 11.4. The van der Waals surface area contributed by atoms with E-state index in [1.165, 1.54) is 31.2 Å². The lowest BCUT2D eigenvalue weighted by molar-refractivity contribution is 0.295. The number of nitriles is 1. The molecule has 2 heterocycles. The van der Waals surface area contributed by atoms with Crippen molar-refractivity contribution in [1.82, 2.24) is 15.0 Å². The van der Waals surface area contributed by atoms with E-state index in [9.17, 15) is 5.26 Å². The number of furan rings is 1. The molecular formula is C39H36N4O. The first-order valence-corrected chi connectivity index (χ1v) is 15.7. The number of benzene rings is 4. The number of rotatable bonds is 5. The van der Waals surface area contributed by atoms with Crippen LogP contribution >= 0.6 is 0 Å². The van der Waals surface area contributed by atoms with Crippen LogP contribution in [0.1, 0.15) is 64.0 Å². The maximum Gasteiger partial charge on any atom is 0.164 e. The Bertz CT molecular complexity index is 1990. The predicted octanol–water partition coefficient (Wildman–Crippen LogP) is 10.1. The summed E-state index contributed by atoms with van der Waals surface area (Å²) >= 11 is 0. The quantitative estimate of drug-likeness (QED) is 0.191. The van der Waals surface area contributed by atoms with Gasteiger partial charge in [-0.2, -0.15) is 5.26 Å². The van der Waals surface area contributed by atoms with Gasteiger partial charge < -0.3 is 4.42 Å². The van der Waals surface area contributed by atoms with E-state index >= 15 is 0 Å².